The molecule has 0 saturated heterocycles. The lowest BCUT2D eigenvalue weighted by Crippen LogP contribution is -2.34. The van der Waals surface area contributed by atoms with Crippen molar-refractivity contribution in [2.75, 3.05) is 12.8 Å². The van der Waals surface area contributed by atoms with Gasteiger partial charge in [-0.3, -0.25) is 4.79 Å². The van der Waals surface area contributed by atoms with Gasteiger partial charge in [-0.25, -0.2) is 8.42 Å². The molecule has 1 aromatic rings. The van der Waals surface area contributed by atoms with Crippen LogP contribution in [0.5, 0.6) is 0 Å². The van der Waals surface area contributed by atoms with Crippen molar-refractivity contribution >= 4 is 15.7 Å². The molecule has 0 aliphatic rings. The van der Waals surface area contributed by atoms with Crippen molar-refractivity contribution in [1.82, 2.24) is 5.32 Å². The molecule has 0 aliphatic heterocycles. The predicted octanol–water partition coefficient (Wildman–Crippen LogP) is -0.380. The van der Waals surface area contributed by atoms with Gasteiger partial charge in [-0.15, -0.1) is 0 Å². The molecular formula is C12H17NO5S. The third kappa shape index (κ3) is 4.62. The van der Waals surface area contributed by atoms with Crippen LogP contribution in [0.1, 0.15) is 18.6 Å². The molecule has 7 heteroatoms. The zero-order valence-corrected chi connectivity index (χ0v) is 11.5. The Balaban J connectivity index is 2.77. The highest BCUT2D eigenvalue weighted by Gasteiger charge is 2.19. The first kappa shape index (κ1) is 15.6. The first-order valence-corrected chi connectivity index (χ1v) is 7.51. The molecule has 0 saturated carbocycles. The molecule has 0 heterocycles. The molecule has 0 radical (unpaired) electrons. The molecular weight excluding hydrogens is 270 g/mol. The van der Waals surface area contributed by atoms with E-state index in [-0.39, 0.29) is 17.3 Å². The van der Waals surface area contributed by atoms with E-state index in [1.54, 1.807) is 0 Å². The lowest BCUT2D eigenvalue weighted by Gasteiger charge is -2.18. The van der Waals surface area contributed by atoms with E-state index in [0.717, 1.165) is 6.26 Å². The van der Waals surface area contributed by atoms with Gasteiger partial charge < -0.3 is 15.5 Å². The van der Waals surface area contributed by atoms with Crippen LogP contribution in [-0.4, -0.2) is 43.4 Å². The number of aliphatic hydroxyl groups excluding tert-OH is 2. The lowest BCUT2D eigenvalue weighted by atomic mass is 10.0. The van der Waals surface area contributed by atoms with Crippen molar-refractivity contribution in [2.45, 2.75) is 24.0 Å². The summed E-state index contributed by atoms with van der Waals surface area (Å²) in [5, 5.41) is 21.9. The Kier molecular flexibility index (Phi) is 5.04. The van der Waals surface area contributed by atoms with E-state index in [1.165, 1.54) is 31.2 Å². The van der Waals surface area contributed by atoms with Gasteiger partial charge in [0.1, 0.15) is 12.2 Å². The van der Waals surface area contributed by atoms with Crippen LogP contribution in [0, 0.1) is 0 Å². The minimum atomic E-state index is -3.29. The molecule has 1 amide bonds. The van der Waals surface area contributed by atoms with Crippen LogP contribution < -0.4 is 5.32 Å². The number of aliphatic hydroxyl groups is 2. The average Bonchev–Trinajstić information content (AvgIpc) is 2.34. The molecule has 2 unspecified atom stereocenters. The number of benzene rings is 1. The summed E-state index contributed by atoms with van der Waals surface area (Å²) in [6.45, 7) is 1.23. The lowest BCUT2D eigenvalue weighted by molar-refractivity contribution is -0.119. The van der Waals surface area contributed by atoms with Gasteiger partial charge in [-0.1, -0.05) is 12.1 Å². The van der Waals surface area contributed by atoms with Crippen LogP contribution >= 0.6 is 0 Å². The summed E-state index contributed by atoms with van der Waals surface area (Å²) in [6, 6.07) is 5.58. The molecule has 106 valence electrons. The third-order valence-corrected chi connectivity index (χ3v) is 3.70. The molecule has 1 aromatic carbocycles. The quantitative estimate of drug-likeness (QED) is 0.685. The summed E-state index contributed by atoms with van der Waals surface area (Å²) < 4.78 is 22.5. The Morgan fingerprint density at radius 2 is 1.79 bits per heavy atom. The predicted molar refractivity (Wildman–Crippen MR) is 69.2 cm³/mol. The molecule has 0 aromatic heterocycles. The van der Waals surface area contributed by atoms with Crippen molar-refractivity contribution in [1.29, 1.82) is 0 Å². The Hall–Kier alpha value is -1.44. The van der Waals surface area contributed by atoms with Crippen LogP contribution in [0.15, 0.2) is 29.2 Å². The van der Waals surface area contributed by atoms with Crippen molar-refractivity contribution in [3.05, 3.63) is 29.8 Å². The van der Waals surface area contributed by atoms with Gasteiger partial charge in [-0.05, 0) is 17.7 Å². The van der Waals surface area contributed by atoms with Gasteiger partial charge in [0, 0.05) is 19.7 Å². The number of hydrogen-bond acceptors (Lipinski definition) is 5. The number of rotatable bonds is 5. The van der Waals surface area contributed by atoms with E-state index >= 15 is 0 Å². The summed E-state index contributed by atoms with van der Waals surface area (Å²) in [5.41, 5.74) is 0.380. The summed E-state index contributed by atoms with van der Waals surface area (Å²) in [4.78, 5) is 10.8. The summed E-state index contributed by atoms with van der Waals surface area (Å²) in [7, 11) is -3.29. The fourth-order valence-electron chi connectivity index (χ4n) is 1.49. The van der Waals surface area contributed by atoms with Crippen LogP contribution in [0.4, 0.5) is 0 Å². The number of carbonyl (C=O) groups excluding carboxylic acids is 1. The van der Waals surface area contributed by atoms with Gasteiger partial charge in [0.2, 0.25) is 5.91 Å². The number of nitrogens with one attached hydrogen (secondary N) is 1. The summed E-state index contributed by atoms with van der Waals surface area (Å²) >= 11 is 0. The standard InChI is InChI=1S/C12H17NO5S/c1-8(14)13-7-11(15)12(16)9-3-5-10(6-4-9)19(2,17)18/h3-6,11-12,15-16H,7H2,1-2H3,(H,13,14). The molecule has 0 fully saturated rings. The zero-order chi connectivity index (χ0) is 14.6. The fourth-order valence-corrected chi connectivity index (χ4v) is 2.12. The van der Waals surface area contributed by atoms with Crippen molar-refractivity contribution < 1.29 is 23.4 Å². The van der Waals surface area contributed by atoms with Crippen LogP contribution in [0.2, 0.25) is 0 Å². The minimum Gasteiger partial charge on any atom is -0.388 e. The Morgan fingerprint density at radius 1 is 1.26 bits per heavy atom. The Morgan fingerprint density at radius 3 is 2.21 bits per heavy atom. The van der Waals surface area contributed by atoms with E-state index in [9.17, 15) is 23.4 Å². The highest BCUT2D eigenvalue weighted by molar-refractivity contribution is 7.90. The second-order valence-corrected chi connectivity index (χ2v) is 6.31. The van der Waals surface area contributed by atoms with E-state index in [1.807, 2.05) is 0 Å². The number of amides is 1. The van der Waals surface area contributed by atoms with Crippen LogP contribution in [-0.2, 0) is 14.6 Å². The van der Waals surface area contributed by atoms with Gasteiger partial charge in [0.05, 0.1) is 4.90 Å². The highest BCUT2D eigenvalue weighted by Crippen LogP contribution is 2.19. The third-order valence-electron chi connectivity index (χ3n) is 2.57. The van der Waals surface area contributed by atoms with Crippen molar-refractivity contribution in [2.24, 2.45) is 0 Å². The van der Waals surface area contributed by atoms with Gasteiger partial charge in [0.15, 0.2) is 9.84 Å². The largest absolute Gasteiger partial charge is 0.388 e. The fraction of sp³-hybridized carbons (Fsp3) is 0.417. The van der Waals surface area contributed by atoms with Crippen LogP contribution in [0.3, 0.4) is 0 Å². The molecule has 0 aliphatic carbocycles. The SMILES string of the molecule is CC(=O)NCC(O)C(O)c1ccc(S(C)(=O)=O)cc1. The van der Waals surface area contributed by atoms with Crippen LogP contribution in [0.25, 0.3) is 0 Å². The van der Waals surface area contributed by atoms with E-state index < -0.39 is 22.0 Å². The van der Waals surface area contributed by atoms with Crippen molar-refractivity contribution in [3.63, 3.8) is 0 Å². The summed E-state index contributed by atoms with van der Waals surface area (Å²) in [5.74, 6) is -0.307. The molecule has 0 spiro atoms. The van der Waals surface area contributed by atoms with Gasteiger partial charge in [-0.2, -0.15) is 0 Å². The van der Waals surface area contributed by atoms with Gasteiger partial charge in [0.25, 0.3) is 0 Å². The first-order valence-electron chi connectivity index (χ1n) is 5.62. The molecule has 19 heavy (non-hydrogen) atoms. The topological polar surface area (TPSA) is 104 Å². The van der Waals surface area contributed by atoms with Gasteiger partial charge >= 0.3 is 0 Å². The number of sulfone groups is 1. The van der Waals surface area contributed by atoms with E-state index in [2.05, 4.69) is 5.32 Å². The molecule has 1 rings (SSSR count). The molecule has 2 atom stereocenters. The normalized spacial score (nSPS) is 14.7. The maximum absolute atomic E-state index is 11.3. The van der Waals surface area contributed by atoms with E-state index in [0.29, 0.717) is 5.56 Å². The minimum absolute atomic E-state index is 0.0790. The Labute approximate surface area is 112 Å². The monoisotopic (exact) mass is 287 g/mol. The highest BCUT2D eigenvalue weighted by atomic mass is 32.2. The second-order valence-electron chi connectivity index (χ2n) is 4.29. The maximum atomic E-state index is 11.3. The maximum Gasteiger partial charge on any atom is 0.216 e. The number of carbonyl (C=O) groups is 1. The average molecular weight is 287 g/mol. The smallest absolute Gasteiger partial charge is 0.216 e. The second kappa shape index (κ2) is 6.14. The molecule has 6 nitrogen and oxygen atoms in total. The molecule has 0 bridgehead atoms. The van der Waals surface area contributed by atoms with E-state index in [4.69, 9.17) is 0 Å². The Bertz CT molecular complexity index is 538. The van der Waals surface area contributed by atoms with Crippen molar-refractivity contribution in [3.8, 4) is 0 Å². The summed E-state index contributed by atoms with van der Waals surface area (Å²) in [6.07, 6.45) is -1.27. The molecule has 3 N–H and O–H groups in total. The first-order chi connectivity index (χ1) is 8.71. The number of hydrogen-bond donors (Lipinski definition) is 3. The zero-order valence-electron chi connectivity index (χ0n) is 10.7.